The quantitative estimate of drug-likeness (QED) is 0.822. The first-order chi connectivity index (χ1) is 8.02. The maximum Gasteiger partial charge on any atom is 0.250 e. The smallest absolute Gasteiger partial charge is 0.250 e. The summed E-state index contributed by atoms with van der Waals surface area (Å²) in [4.78, 5) is 11.6. The number of hydrogen-bond donors (Lipinski definition) is 2. The molecule has 0 aliphatic carbocycles. The Labute approximate surface area is 110 Å². The van der Waals surface area contributed by atoms with Crippen LogP contribution >= 0.6 is 15.9 Å². The van der Waals surface area contributed by atoms with Gasteiger partial charge in [-0.1, -0.05) is 6.92 Å². The molecule has 0 heterocycles. The van der Waals surface area contributed by atoms with E-state index in [-0.39, 0.29) is 18.6 Å². The molecule has 0 radical (unpaired) electrons. The second-order valence-corrected chi connectivity index (χ2v) is 4.67. The van der Waals surface area contributed by atoms with Crippen LogP contribution in [-0.4, -0.2) is 18.6 Å². The molecule has 0 saturated heterocycles. The van der Waals surface area contributed by atoms with E-state index in [1.165, 1.54) is 0 Å². The molecule has 0 aliphatic rings. The zero-order chi connectivity index (χ0) is 12.8. The zero-order valence-corrected chi connectivity index (χ0v) is 11.6. The van der Waals surface area contributed by atoms with Crippen LogP contribution in [0.5, 0.6) is 0 Å². The summed E-state index contributed by atoms with van der Waals surface area (Å²) in [6, 6.07) is 5.22. The molecule has 1 unspecified atom stereocenters. The van der Waals surface area contributed by atoms with Crippen molar-refractivity contribution in [3.8, 4) is 0 Å². The fourth-order valence-electron chi connectivity index (χ4n) is 1.15. The van der Waals surface area contributed by atoms with Crippen LogP contribution in [0.4, 0.5) is 11.4 Å². The SMILES string of the molecule is CCC(C)OCC(=O)Nc1ccc(N)cc1Br. The van der Waals surface area contributed by atoms with Crippen LogP contribution in [0.1, 0.15) is 20.3 Å². The maximum atomic E-state index is 11.6. The van der Waals surface area contributed by atoms with Gasteiger partial charge in [-0.15, -0.1) is 0 Å². The molecular formula is C12H17BrN2O2. The predicted octanol–water partition coefficient (Wildman–Crippen LogP) is 2.78. The number of carbonyl (C=O) groups excluding carboxylic acids is 1. The third-order valence-corrected chi connectivity index (χ3v) is 3.00. The van der Waals surface area contributed by atoms with Crippen molar-refractivity contribution >= 4 is 33.2 Å². The molecule has 0 fully saturated rings. The number of carbonyl (C=O) groups is 1. The van der Waals surface area contributed by atoms with Crippen molar-refractivity contribution in [3.63, 3.8) is 0 Å². The van der Waals surface area contributed by atoms with Gasteiger partial charge in [0.05, 0.1) is 11.8 Å². The molecule has 4 nitrogen and oxygen atoms in total. The van der Waals surface area contributed by atoms with Crippen LogP contribution in [-0.2, 0) is 9.53 Å². The predicted molar refractivity (Wildman–Crippen MR) is 72.9 cm³/mol. The molecular weight excluding hydrogens is 284 g/mol. The Morgan fingerprint density at radius 3 is 2.88 bits per heavy atom. The average Bonchev–Trinajstić information content (AvgIpc) is 2.29. The fraction of sp³-hybridized carbons (Fsp3) is 0.417. The molecule has 0 bridgehead atoms. The number of benzene rings is 1. The van der Waals surface area contributed by atoms with Crippen LogP contribution in [0, 0.1) is 0 Å². The Morgan fingerprint density at radius 1 is 1.59 bits per heavy atom. The van der Waals surface area contributed by atoms with Gasteiger partial charge in [0.15, 0.2) is 0 Å². The van der Waals surface area contributed by atoms with Gasteiger partial charge in [-0.05, 0) is 47.5 Å². The van der Waals surface area contributed by atoms with Crippen LogP contribution in [0.2, 0.25) is 0 Å². The Balaban J connectivity index is 2.50. The van der Waals surface area contributed by atoms with Gasteiger partial charge in [0.2, 0.25) is 5.91 Å². The minimum Gasteiger partial charge on any atom is -0.399 e. The monoisotopic (exact) mass is 300 g/mol. The van der Waals surface area contributed by atoms with E-state index in [2.05, 4.69) is 21.2 Å². The minimum atomic E-state index is -0.171. The van der Waals surface area contributed by atoms with E-state index < -0.39 is 0 Å². The van der Waals surface area contributed by atoms with Crippen molar-refractivity contribution < 1.29 is 9.53 Å². The highest BCUT2D eigenvalue weighted by molar-refractivity contribution is 9.10. The number of rotatable bonds is 5. The number of anilines is 2. The van der Waals surface area contributed by atoms with Crippen LogP contribution in [0.15, 0.2) is 22.7 Å². The summed E-state index contributed by atoms with van der Waals surface area (Å²) in [7, 11) is 0. The number of nitrogen functional groups attached to an aromatic ring is 1. The van der Waals surface area contributed by atoms with Crippen molar-refractivity contribution in [2.45, 2.75) is 26.4 Å². The highest BCUT2D eigenvalue weighted by Crippen LogP contribution is 2.24. The van der Waals surface area contributed by atoms with Crippen molar-refractivity contribution in [2.75, 3.05) is 17.7 Å². The van der Waals surface area contributed by atoms with E-state index in [0.29, 0.717) is 11.4 Å². The largest absolute Gasteiger partial charge is 0.399 e. The second-order valence-electron chi connectivity index (χ2n) is 3.82. The lowest BCUT2D eigenvalue weighted by molar-refractivity contribution is -0.122. The van der Waals surface area contributed by atoms with Crippen molar-refractivity contribution in [1.29, 1.82) is 0 Å². The number of halogens is 1. The number of nitrogens with two attached hydrogens (primary N) is 1. The summed E-state index contributed by atoms with van der Waals surface area (Å²) < 4.78 is 6.10. The number of nitrogens with one attached hydrogen (secondary N) is 1. The number of hydrogen-bond acceptors (Lipinski definition) is 3. The van der Waals surface area contributed by atoms with E-state index in [9.17, 15) is 4.79 Å². The molecule has 1 rings (SSSR count). The van der Waals surface area contributed by atoms with Crippen LogP contribution in [0.3, 0.4) is 0 Å². The molecule has 0 spiro atoms. The first-order valence-electron chi connectivity index (χ1n) is 5.49. The van der Waals surface area contributed by atoms with Crippen molar-refractivity contribution in [3.05, 3.63) is 22.7 Å². The lowest BCUT2D eigenvalue weighted by Crippen LogP contribution is -2.21. The van der Waals surface area contributed by atoms with Gasteiger partial charge >= 0.3 is 0 Å². The van der Waals surface area contributed by atoms with Gasteiger partial charge in [-0.3, -0.25) is 4.79 Å². The standard InChI is InChI=1S/C12H17BrN2O2/c1-3-8(2)17-7-12(16)15-11-5-4-9(14)6-10(11)13/h4-6,8H,3,7,14H2,1-2H3,(H,15,16). The first kappa shape index (κ1) is 14.0. The summed E-state index contributed by atoms with van der Waals surface area (Å²) in [5, 5.41) is 2.75. The average molecular weight is 301 g/mol. The number of amides is 1. The summed E-state index contributed by atoms with van der Waals surface area (Å²) in [6.07, 6.45) is 0.981. The van der Waals surface area contributed by atoms with Gasteiger partial charge in [0.25, 0.3) is 0 Å². The molecule has 1 atom stereocenters. The molecule has 94 valence electrons. The summed E-state index contributed by atoms with van der Waals surface area (Å²) in [5.41, 5.74) is 6.94. The first-order valence-corrected chi connectivity index (χ1v) is 6.28. The van der Waals surface area contributed by atoms with E-state index in [1.54, 1.807) is 18.2 Å². The second kappa shape index (κ2) is 6.61. The highest BCUT2D eigenvalue weighted by Gasteiger charge is 2.07. The molecule has 1 amide bonds. The van der Waals surface area contributed by atoms with Gasteiger partial charge in [0, 0.05) is 10.2 Å². The third kappa shape index (κ3) is 4.75. The molecule has 3 N–H and O–H groups in total. The highest BCUT2D eigenvalue weighted by atomic mass is 79.9. The van der Waals surface area contributed by atoms with Gasteiger partial charge in [-0.2, -0.15) is 0 Å². The van der Waals surface area contributed by atoms with Crippen LogP contribution < -0.4 is 11.1 Å². The van der Waals surface area contributed by atoms with E-state index in [0.717, 1.165) is 10.9 Å². The zero-order valence-electron chi connectivity index (χ0n) is 10.00. The van der Waals surface area contributed by atoms with E-state index in [4.69, 9.17) is 10.5 Å². The fourth-order valence-corrected chi connectivity index (χ4v) is 1.65. The van der Waals surface area contributed by atoms with Crippen molar-refractivity contribution in [1.82, 2.24) is 0 Å². The Kier molecular flexibility index (Phi) is 5.44. The van der Waals surface area contributed by atoms with Gasteiger partial charge in [-0.25, -0.2) is 0 Å². The molecule has 1 aromatic rings. The minimum absolute atomic E-state index is 0.0613. The van der Waals surface area contributed by atoms with E-state index in [1.807, 2.05) is 13.8 Å². The molecule has 0 saturated carbocycles. The number of ether oxygens (including phenoxy) is 1. The Morgan fingerprint density at radius 2 is 2.29 bits per heavy atom. The summed E-state index contributed by atoms with van der Waals surface area (Å²) in [5.74, 6) is -0.171. The third-order valence-electron chi connectivity index (χ3n) is 2.34. The Hall–Kier alpha value is -1.07. The lowest BCUT2D eigenvalue weighted by Gasteiger charge is -2.11. The summed E-state index contributed by atoms with van der Waals surface area (Å²) >= 11 is 3.33. The van der Waals surface area contributed by atoms with Crippen molar-refractivity contribution in [2.24, 2.45) is 0 Å². The van der Waals surface area contributed by atoms with Crippen LogP contribution in [0.25, 0.3) is 0 Å². The topological polar surface area (TPSA) is 64.3 Å². The Bertz CT molecular complexity index is 396. The van der Waals surface area contributed by atoms with Gasteiger partial charge < -0.3 is 15.8 Å². The lowest BCUT2D eigenvalue weighted by atomic mass is 10.3. The molecule has 0 aromatic heterocycles. The summed E-state index contributed by atoms with van der Waals surface area (Å²) in [6.45, 7) is 4.01. The maximum absolute atomic E-state index is 11.6. The molecule has 17 heavy (non-hydrogen) atoms. The van der Waals surface area contributed by atoms with Gasteiger partial charge in [0.1, 0.15) is 6.61 Å². The molecule has 0 aliphatic heterocycles. The van der Waals surface area contributed by atoms with E-state index >= 15 is 0 Å². The normalized spacial score (nSPS) is 12.2. The molecule has 1 aromatic carbocycles. The molecule has 5 heteroatoms.